The zero-order valence-electron chi connectivity index (χ0n) is 10.8. The fourth-order valence-electron chi connectivity index (χ4n) is 2.11. The molecule has 0 fully saturated rings. The number of hydrogen-bond donors (Lipinski definition) is 0. The third-order valence-corrected chi connectivity index (χ3v) is 3.84. The molecule has 0 bridgehead atoms. The number of aryl methyl sites for hydroxylation is 1. The predicted octanol–water partition coefficient (Wildman–Crippen LogP) is 2.44. The average molecular weight is 255 g/mol. The summed E-state index contributed by atoms with van der Waals surface area (Å²) in [6.07, 6.45) is 2.28. The van der Waals surface area contributed by atoms with Crippen LogP contribution in [-0.4, -0.2) is 32.4 Å². The fraction of sp³-hybridized carbons (Fsp3) is 0.833. The minimum Gasteiger partial charge on any atom is -0.368 e. The molecule has 5 heteroatoms. The molecule has 1 aromatic rings. The Morgan fingerprint density at radius 3 is 2.88 bits per heavy atom. The number of hydrogen-bond acceptors (Lipinski definition) is 4. The van der Waals surface area contributed by atoms with Gasteiger partial charge in [-0.3, -0.25) is 0 Å². The van der Waals surface area contributed by atoms with E-state index in [1.807, 2.05) is 11.8 Å². The van der Waals surface area contributed by atoms with E-state index in [-0.39, 0.29) is 12.2 Å². The first-order chi connectivity index (χ1) is 8.22. The number of fused-ring (bicyclic) bond motifs is 1. The van der Waals surface area contributed by atoms with Gasteiger partial charge >= 0.3 is 0 Å². The Hall–Kier alpha value is -0.550. The number of aromatic nitrogens is 3. The van der Waals surface area contributed by atoms with Crippen LogP contribution in [0, 0.1) is 0 Å². The van der Waals surface area contributed by atoms with Crippen molar-refractivity contribution in [1.29, 1.82) is 0 Å². The van der Waals surface area contributed by atoms with Gasteiger partial charge in [-0.1, -0.05) is 6.92 Å². The maximum Gasteiger partial charge on any atom is 0.162 e. The molecule has 0 spiro atoms. The summed E-state index contributed by atoms with van der Waals surface area (Å²) in [7, 11) is 0. The van der Waals surface area contributed by atoms with Crippen molar-refractivity contribution in [2.24, 2.45) is 0 Å². The lowest BCUT2D eigenvalue weighted by Crippen LogP contribution is -2.16. The second kappa shape index (κ2) is 5.87. The second-order valence-corrected chi connectivity index (χ2v) is 5.79. The van der Waals surface area contributed by atoms with Gasteiger partial charge in [0, 0.05) is 24.5 Å². The second-order valence-electron chi connectivity index (χ2n) is 4.57. The van der Waals surface area contributed by atoms with Gasteiger partial charge in [0.15, 0.2) is 5.82 Å². The van der Waals surface area contributed by atoms with E-state index in [2.05, 4.69) is 35.5 Å². The van der Waals surface area contributed by atoms with Crippen molar-refractivity contribution in [1.82, 2.24) is 14.8 Å². The molecule has 2 rings (SSSR count). The molecule has 96 valence electrons. The average Bonchev–Trinajstić information content (AvgIpc) is 2.55. The Bertz CT molecular complexity index is 365. The van der Waals surface area contributed by atoms with Gasteiger partial charge in [0.05, 0.1) is 6.10 Å². The number of rotatable bonds is 4. The number of ether oxygens (including phenoxy) is 1. The van der Waals surface area contributed by atoms with Crippen LogP contribution >= 0.6 is 11.8 Å². The Labute approximate surface area is 107 Å². The smallest absolute Gasteiger partial charge is 0.162 e. The Kier molecular flexibility index (Phi) is 4.45. The summed E-state index contributed by atoms with van der Waals surface area (Å²) in [5.41, 5.74) is 0. The zero-order valence-corrected chi connectivity index (χ0v) is 11.7. The first-order valence-corrected chi connectivity index (χ1v) is 7.53. The molecule has 0 N–H and O–H groups in total. The van der Waals surface area contributed by atoms with E-state index in [4.69, 9.17) is 4.74 Å². The van der Waals surface area contributed by atoms with Crippen molar-refractivity contribution in [3.8, 4) is 0 Å². The van der Waals surface area contributed by atoms with Crippen molar-refractivity contribution in [3.63, 3.8) is 0 Å². The molecule has 0 saturated carbocycles. The molecule has 1 aliphatic heterocycles. The topological polar surface area (TPSA) is 39.9 Å². The van der Waals surface area contributed by atoms with Crippen LogP contribution in [0.3, 0.4) is 0 Å². The number of thioether (sulfide) groups is 1. The fourth-order valence-corrected chi connectivity index (χ4v) is 2.95. The molecule has 1 aliphatic rings. The third-order valence-electron chi connectivity index (χ3n) is 2.88. The number of nitrogens with zero attached hydrogens (tertiary/aromatic N) is 3. The largest absolute Gasteiger partial charge is 0.368 e. The van der Waals surface area contributed by atoms with Gasteiger partial charge in [0.25, 0.3) is 0 Å². The summed E-state index contributed by atoms with van der Waals surface area (Å²) in [6.45, 7) is 7.29. The van der Waals surface area contributed by atoms with Crippen molar-refractivity contribution < 1.29 is 4.74 Å². The molecule has 1 aromatic heterocycles. The highest BCUT2D eigenvalue weighted by Crippen LogP contribution is 2.24. The van der Waals surface area contributed by atoms with Gasteiger partial charge in [-0.15, -0.1) is 10.2 Å². The maximum absolute atomic E-state index is 5.92. The molecular weight excluding hydrogens is 234 g/mol. The van der Waals surface area contributed by atoms with Gasteiger partial charge in [0.2, 0.25) is 0 Å². The molecule has 0 aromatic carbocycles. The Morgan fingerprint density at radius 2 is 2.18 bits per heavy atom. The van der Waals surface area contributed by atoms with Gasteiger partial charge in [-0.25, -0.2) is 0 Å². The molecule has 1 unspecified atom stereocenters. The van der Waals surface area contributed by atoms with Crippen molar-refractivity contribution in [3.05, 3.63) is 11.6 Å². The summed E-state index contributed by atoms with van der Waals surface area (Å²) in [5.74, 6) is 4.44. The van der Waals surface area contributed by atoms with E-state index in [1.165, 1.54) is 0 Å². The molecule has 0 amide bonds. The first-order valence-electron chi connectivity index (χ1n) is 6.37. The molecule has 2 heterocycles. The van der Waals surface area contributed by atoms with Crippen molar-refractivity contribution in [2.45, 2.75) is 52.4 Å². The highest BCUT2D eigenvalue weighted by atomic mass is 32.2. The highest BCUT2D eigenvalue weighted by molar-refractivity contribution is 7.99. The summed E-state index contributed by atoms with van der Waals surface area (Å²) in [5, 5.41) is 8.65. The van der Waals surface area contributed by atoms with E-state index < -0.39 is 0 Å². The summed E-state index contributed by atoms with van der Waals surface area (Å²) < 4.78 is 8.18. The van der Waals surface area contributed by atoms with Gasteiger partial charge in [-0.2, -0.15) is 11.8 Å². The van der Waals surface area contributed by atoms with Gasteiger partial charge < -0.3 is 9.30 Å². The van der Waals surface area contributed by atoms with E-state index in [1.54, 1.807) is 0 Å². The van der Waals surface area contributed by atoms with Crippen LogP contribution in [0.2, 0.25) is 0 Å². The van der Waals surface area contributed by atoms with Crippen LogP contribution in [0.4, 0.5) is 0 Å². The molecule has 0 aliphatic carbocycles. The van der Waals surface area contributed by atoms with Gasteiger partial charge in [0.1, 0.15) is 11.9 Å². The highest BCUT2D eigenvalue weighted by Gasteiger charge is 2.22. The summed E-state index contributed by atoms with van der Waals surface area (Å²) >= 11 is 1.99. The summed E-state index contributed by atoms with van der Waals surface area (Å²) in [4.78, 5) is 0. The standard InChI is InChI=1S/C12H21N3OS/c1-4-10(16-9(2)3)12-14-13-11-5-7-17-8-6-15(11)12/h9-10H,4-8H2,1-3H3. The SMILES string of the molecule is CCC(OC(C)C)c1nnc2n1CCSCC2. The minimum absolute atomic E-state index is 0.0827. The third kappa shape index (κ3) is 3.01. The van der Waals surface area contributed by atoms with E-state index in [0.717, 1.165) is 42.5 Å². The van der Waals surface area contributed by atoms with Crippen LogP contribution in [0.15, 0.2) is 0 Å². The summed E-state index contributed by atoms with van der Waals surface area (Å²) in [6, 6.07) is 0. The van der Waals surface area contributed by atoms with Gasteiger partial charge in [-0.05, 0) is 20.3 Å². The normalized spacial score (nSPS) is 17.9. The molecule has 0 radical (unpaired) electrons. The van der Waals surface area contributed by atoms with Crippen molar-refractivity contribution >= 4 is 11.8 Å². The van der Waals surface area contributed by atoms with Crippen LogP contribution in [0.1, 0.15) is 44.9 Å². The molecule has 17 heavy (non-hydrogen) atoms. The monoisotopic (exact) mass is 255 g/mol. The molecular formula is C12H21N3OS. The Balaban J connectivity index is 2.22. The minimum atomic E-state index is 0.0827. The lowest BCUT2D eigenvalue weighted by atomic mass is 10.2. The predicted molar refractivity (Wildman–Crippen MR) is 70.3 cm³/mol. The van der Waals surface area contributed by atoms with E-state index >= 15 is 0 Å². The Morgan fingerprint density at radius 1 is 1.35 bits per heavy atom. The molecule has 4 nitrogen and oxygen atoms in total. The first kappa shape index (κ1) is 12.9. The molecule has 0 saturated heterocycles. The van der Waals surface area contributed by atoms with E-state index in [0.29, 0.717) is 0 Å². The van der Waals surface area contributed by atoms with Crippen molar-refractivity contribution in [2.75, 3.05) is 11.5 Å². The van der Waals surface area contributed by atoms with E-state index in [9.17, 15) is 0 Å². The van der Waals surface area contributed by atoms with Crippen LogP contribution in [0.5, 0.6) is 0 Å². The lowest BCUT2D eigenvalue weighted by molar-refractivity contribution is -0.00262. The zero-order chi connectivity index (χ0) is 12.3. The van der Waals surface area contributed by atoms with Crippen LogP contribution in [-0.2, 0) is 17.7 Å². The van der Waals surface area contributed by atoms with Crippen LogP contribution in [0.25, 0.3) is 0 Å². The quantitative estimate of drug-likeness (QED) is 0.828. The maximum atomic E-state index is 5.92. The van der Waals surface area contributed by atoms with Crippen LogP contribution < -0.4 is 0 Å². The lowest BCUT2D eigenvalue weighted by Gasteiger charge is -2.19. The molecule has 1 atom stereocenters.